The lowest BCUT2D eigenvalue weighted by Gasteiger charge is -2.13. The molecule has 0 N–H and O–H groups in total. The number of hydrogen-bond acceptors (Lipinski definition) is 1. The van der Waals surface area contributed by atoms with E-state index in [0.29, 0.717) is 5.92 Å². The lowest BCUT2D eigenvalue weighted by molar-refractivity contribution is 0.308. The SMILES string of the molecule is C=CCCCOc1ccccc1C(C)C. The molecule has 0 heterocycles. The van der Waals surface area contributed by atoms with Crippen LogP contribution in [0, 0.1) is 0 Å². The van der Waals surface area contributed by atoms with Crippen molar-refractivity contribution in [2.45, 2.75) is 32.6 Å². The van der Waals surface area contributed by atoms with Gasteiger partial charge in [0, 0.05) is 0 Å². The first-order valence-electron chi connectivity index (χ1n) is 5.58. The average Bonchev–Trinajstić information content (AvgIpc) is 2.25. The van der Waals surface area contributed by atoms with Crippen LogP contribution in [0.3, 0.4) is 0 Å². The number of ether oxygens (including phenoxy) is 1. The minimum atomic E-state index is 0.514. The minimum absolute atomic E-state index is 0.514. The zero-order valence-corrected chi connectivity index (χ0v) is 9.70. The van der Waals surface area contributed by atoms with Gasteiger partial charge >= 0.3 is 0 Å². The molecule has 1 rings (SSSR count). The van der Waals surface area contributed by atoms with Crippen LogP contribution in [0.2, 0.25) is 0 Å². The summed E-state index contributed by atoms with van der Waals surface area (Å²) in [5, 5.41) is 0. The molecule has 1 aromatic rings. The van der Waals surface area contributed by atoms with E-state index in [-0.39, 0.29) is 0 Å². The predicted molar refractivity (Wildman–Crippen MR) is 65.5 cm³/mol. The molecule has 0 bridgehead atoms. The van der Waals surface area contributed by atoms with Gasteiger partial charge in [-0.3, -0.25) is 0 Å². The molecule has 0 amide bonds. The summed E-state index contributed by atoms with van der Waals surface area (Å²) in [6.07, 6.45) is 3.98. The molecule has 0 aliphatic carbocycles. The fourth-order valence-corrected chi connectivity index (χ4v) is 1.50. The first kappa shape index (κ1) is 11.8. The smallest absolute Gasteiger partial charge is 0.122 e. The van der Waals surface area contributed by atoms with Crippen molar-refractivity contribution < 1.29 is 4.74 Å². The Morgan fingerprint density at radius 2 is 2.07 bits per heavy atom. The maximum Gasteiger partial charge on any atom is 0.122 e. The van der Waals surface area contributed by atoms with Crippen LogP contribution in [-0.2, 0) is 0 Å². The van der Waals surface area contributed by atoms with Gasteiger partial charge in [0.1, 0.15) is 5.75 Å². The Bertz CT molecular complexity index is 302. The zero-order valence-electron chi connectivity index (χ0n) is 9.70. The summed E-state index contributed by atoms with van der Waals surface area (Å²) in [7, 11) is 0. The molecule has 0 radical (unpaired) electrons. The molecule has 0 fully saturated rings. The van der Waals surface area contributed by atoms with Crippen molar-refractivity contribution in [1.29, 1.82) is 0 Å². The zero-order chi connectivity index (χ0) is 11.1. The highest BCUT2D eigenvalue weighted by molar-refractivity contribution is 5.35. The number of unbranched alkanes of at least 4 members (excludes halogenated alkanes) is 1. The van der Waals surface area contributed by atoms with Crippen molar-refractivity contribution in [3.05, 3.63) is 42.5 Å². The fourth-order valence-electron chi connectivity index (χ4n) is 1.50. The Morgan fingerprint density at radius 1 is 1.33 bits per heavy atom. The number of benzene rings is 1. The lowest BCUT2D eigenvalue weighted by atomic mass is 10.0. The Kier molecular flexibility index (Phi) is 4.96. The molecule has 0 aliphatic rings. The van der Waals surface area contributed by atoms with Crippen LogP contribution < -0.4 is 4.74 Å². The molecular formula is C14H20O. The van der Waals surface area contributed by atoms with Crippen LogP contribution in [-0.4, -0.2) is 6.61 Å². The van der Waals surface area contributed by atoms with Gasteiger partial charge in [-0.1, -0.05) is 38.1 Å². The monoisotopic (exact) mass is 204 g/mol. The van der Waals surface area contributed by atoms with Gasteiger partial charge in [-0.2, -0.15) is 0 Å². The largest absolute Gasteiger partial charge is 0.493 e. The molecule has 1 heteroatoms. The van der Waals surface area contributed by atoms with E-state index in [1.807, 2.05) is 18.2 Å². The Labute approximate surface area is 92.8 Å². The number of rotatable bonds is 6. The molecular weight excluding hydrogens is 184 g/mol. The molecule has 1 aromatic carbocycles. The summed E-state index contributed by atoms with van der Waals surface area (Å²) in [5.41, 5.74) is 1.29. The summed E-state index contributed by atoms with van der Waals surface area (Å²) >= 11 is 0. The third-order valence-corrected chi connectivity index (χ3v) is 2.35. The van der Waals surface area contributed by atoms with Crippen LogP contribution in [0.1, 0.15) is 38.2 Å². The maximum atomic E-state index is 5.75. The molecule has 0 saturated carbocycles. The molecule has 0 unspecified atom stereocenters. The van der Waals surface area contributed by atoms with Gasteiger partial charge in [-0.25, -0.2) is 0 Å². The van der Waals surface area contributed by atoms with Gasteiger partial charge in [0.15, 0.2) is 0 Å². The molecule has 0 saturated heterocycles. The highest BCUT2D eigenvalue weighted by atomic mass is 16.5. The van der Waals surface area contributed by atoms with Crippen molar-refractivity contribution in [3.63, 3.8) is 0 Å². The van der Waals surface area contributed by atoms with Crippen molar-refractivity contribution in [1.82, 2.24) is 0 Å². The number of hydrogen-bond donors (Lipinski definition) is 0. The highest BCUT2D eigenvalue weighted by Crippen LogP contribution is 2.25. The topological polar surface area (TPSA) is 9.23 Å². The summed E-state index contributed by atoms with van der Waals surface area (Å²) in [6, 6.07) is 8.26. The Balaban J connectivity index is 2.55. The van der Waals surface area contributed by atoms with Gasteiger partial charge in [0.2, 0.25) is 0 Å². The van der Waals surface area contributed by atoms with Crippen molar-refractivity contribution >= 4 is 0 Å². The normalized spacial score (nSPS) is 10.3. The van der Waals surface area contributed by atoms with Crippen LogP contribution in [0.4, 0.5) is 0 Å². The van der Waals surface area contributed by atoms with Crippen molar-refractivity contribution in [3.8, 4) is 5.75 Å². The minimum Gasteiger partial charge on any atom is -0.493 e. The van der Waals surface area contributed by atoms with Gasteiger partial charge < -0.3 is 4.74 Å². The van der Waals surface area contributed by atoms with E-state index in [2.05, 4.69) is 32.6 Å². The van der Waals surface area contributed by atoms with Gasteiger partial charge in [-0.05, 0) is 30.4 Å². The van der Waals surface area contributed by atoms with Crippen molar-refractivity contribution in [2.75, 3.05) is 6.61 Å². The van der Waals surface area contributed by atoms with Crippen LogP contribution in [0.5, 0.6) is 5.75 Å². The molecule has 0 aromatic heterocycles. The number of para-hydroxylation sites is 1. The standard InChI is InChI=1S/C14H20O/c1-4-5-8-11-15-14-10-7-6-9-13(14)12(2)3/h4,6-7,9-10,12H,1,5,8,11H2,2-3H3. The van der Waals surface area contributed by atoms with E-state index in [9.17, 15) is 0 Å². The molecule has 0 aliphatic heterocycles. The molecule has 0 spiro atoms. The summed E-state index contributed by atoms with van der Waals surface area (Å²) in [4.78, 5) is 0. The Morgan fingerprint density at radius 3 is 2.73 bits per heavy atom. The number of allylic oxidation sites excluding steroid dienone is 1. The van der Waals surface area contributed by atoms with Crippen LogP contribution in [0.25, 0.3) is 0 Å². The van der Waals surface area contributed by atoms with Crippen LogP contribution in [0.15, 0.2) is 36.9 Å². The van der Waals surface area contributed by atoms with E-state index < -0.39 is 0 Å². The molecule has 1 nitrogen and oxygen atoms in total. The van der Waals surface area contributed by atoms with Crippen molar-refractivity contribution in [2.24, 2.45) is 0 Å². The van der Waals surface area contributed by atoms with E-state index in [1.54, 1.807) is 0 Å². The second-order valence-electron chi connectivity index (χ2n) is 3.97. The lowest BCUT2D eigenvalue weighted by Crippen LogP contribution is -2.00. The quantitative estimate of drug-likeness (QED) is 0.499. The molecule has 82 valence electrons. The molecule has 0 atom stereocenters. The fraction of sp³-hybridized carbons (Fsp3) is 0.429. The van der Waals surface area contributed by atoms with E-state index >= 15 is 0 Å². The summed E-state index contributed by atoms with van der Waals surface area (Å²) < 4.78 is 5.75. The second-order valence-corrected chi connectivity index (χ2v) is 3.97. The Hall–Kier alpha value is -1.24. The third kappa shape index (κ3) is 3.78. The average molecular weight is 204 g/mol. The summed E-state index contributed by atoms with van der Waals surface area (Å²) in [6.45, 7) is 8.84. The van der Waals surface area contributed by atoms with Crippen LogP contribution >= 0.6 is 0 Å². The summed E-state index contributed by atoms with van der Waals surface area (Å²) in [5.74, 6) is 1.54. The maximum absolute atomic E-state index is 5.75. The van der Waals surface area contributed by atoms with E-state index in [4.69, 9.17) is 4.74 Å². The van der Waals surface area contributed by atoms with Gasteiger partial charge in [-0.15, -0.1) is 6.58 Å². The second kappa shape index (κ2) is 6.28. The predicted octanol–water partition coefficient (Wildman–Crippen LogP) is 4.16. The van der Waals surface area contributed by atoms with Gasteiger partial charge in [0.25, 0.3) is 0 Å². The van der Waals surface area contributed by atoms with E-state index in [1.165, 1.54) is 5.56 Å². The first-order chi connectivity index (χ1) is 7.25. The van der Waals surface area contributed by atoms with E-state index in [0.717, 1.165) is 25.2 Å². The first-order valence-corrected chi connectivity index (χ1v) is 5.58. The third-order valence-electron chi connectivity index (χ3n) is 2.35. The van der Waals surface area contributed by atoms with Gasteiger partial charge in [0.05, 0.1) is 6.61 Å². The molecule has 15 heavy (non-hydrogen) atoms. The highest BCUT2D eigenvalue weighted by Gasteiger charge is 2.05.